The van der Waals surface area contributed by atoms with E-state index in [1.807, 2.05) is 37.3 Å². The number of hydrogen-bond acceptors (Lipinski definition) is 7. The number of nitrogens with zero attached hydrogens (tertiary/aromatic N) is 2. The highest BCUT2D eigenvalue weighted by Gasteiger charge is 2.24. The van der Waals surface area contributed by atoms with Crippen molar-refractivity contribution in [3.63, 3.8) is 0 Å². The molecule has 1 heterocycles. The standard InChI is InChI=1S/C20H26N4O5S/c1-3-10-23(15(25)12-30-13-16(26)29-4-2)17-18(21)24(20(28)22-19(17)27)11-14-8-6-5-7-9-14/h5-9H,3-4,10-13,21H2,1-2H3,(H,22,27,28). The third kappa shape index (κ3) is 5.99. The summed E-state index contributed by atoms with van der Waals surface area (Å²) in [5.41, 5.74) is 5.58. The Kier molecular flexibility index (Phi) is 8.72. The molecule has 30 heavy (non-hydrogen) atoms. The predicted molar refractivity (Wildman–Crippen MR) is 118 cm³/mol. The number of H-pyrrole nitrogens is 1. The highest BCUT2D eigenvalue weighted by Crippen LogP contribution is 2.19. The van der Waals surface area contributed by atoms with E-state index in [-0.39, 0.29) is 48.6 Å². The molecule has 162 valence electrons. The summed E-state index contributed by atoms with van der Waals surface area (Å²) in [5, 5.41) is 0. The van der Waals surface area contributed by atoms with Crippen LogP contribution < -0.4 is 21.9 Å². The number of amides is 1. The molecule has 1 aromatic heterocycles. The van der Waals surface area contributed by atoms with Gasteiger partial charge in [0.05, 0.1) is 24.7 Å². The number of aromatic nitrogens is 2. The summed E-state index contributed by atoms with van der Waals surface area (Å²) in [6.07, 6.45) is 0.574. The van der Waals surface area contributed by atoms with Gasteiger partial charge in [-0.1, -0.05) is 37.3 Å². The Morgan fingerprint density at radius 3 is 2.50 bits per heavy atom. The lowest BCUT2D eigenvalue weighted by Gasteiger charge is -2.24. The molecule has 1 amide bonds. The second-order valence-corrected chi connectivity index (χ2v) is 7.39. The van der Waals surface area contributed by atoms with Crippen molar-refractivity contribution in [2.24, 2.45) is 0 Å². The van der Waals surface area contributed by atoms with E-state index in [9.17, 15) is 19.2 Å². The molecule has 9 nitrogen and oxygen atoms in total. The van der Waals surface area contributed by atoms with Crippen molar-refractivity contribution in [3.05, 3.63) is 56.7 Å². The van der Waals surface area contributed by atoms with Crippen LogP contribution in [0.1, 0.15) is 25.8 Å². The van der Waals surface area contributed by atoms with Crippen LogP contribution in [0.4, 0.5) is 11.5 Å². The average molecular weight is 435 g/mol. The fraction of sp³-hybridized carbons (Fsp3) is 0.400. The number of rotatable bonds is 10. The van der Waals surface area contributed by atoms with E-state index in [0.29, 0.717) is 6.42 Å². The first-order valence-electron chi connectivity index (χ1n) is 9.59. The lowest BCUT2D eigenvalue weighted by atomic mass is 10.2. The Bertz CT molecular complexity index is 987. The largest absolute Gasteiger partial charge is 0.465 e. The Balaban J connectivity index is 2.31. The number of benzene rings is 1. The molecule has 0 aliphatic heterocycles. The van der Waals surface area contributed by atoms with Crippen LogP contribution in [-0.4, -0.2) is 46.1 Å². The number of aromatic amines is 1. The molecule has 0 aliphatic rings. The molecule has 0 spiro atoms. The molecule has 3 N–H and O–H groups in total. The highest BCUT2D eigenvalue weighted by molar-refractivity contribution is 8.00. The molecular formula is C20H26N4O5S. The number of ether oxygens (including phenoxy) is 1. The summed E-state index contributed by atoms with van der Waals surface area (Å²) in [6.45, 7) is 4.23. The Labute approximate surface area is 178 Å². The van der Waals surface area contributed by atoms with Gasteiger partial charge in [0.1, 0.15) is 5.82 Å². The third-order valence-corrected chi connectivity index (χ3v) is 5.06. The van der Waals surface area contributed by atoms with E-state index in [2.05, 4.69) is 4.98 Å². The van der Waals surface area contributed by atoms with Gasteiger partial charge in [-0.25, -0.2) is 4.79 Å². The third-order valence-electron chi connectivity index (χ3n) is 4.17. The van der Waals surface area contributed by atoms with Crippen molar-refractivity contribution in [2.75, 3.05) is 35.3 Å². The fourth-order valence-electron chi connectivity index (χ4n) is 2.85. The number of nitrogens with one attached hydrogen (secondary N) is 1. The molecule has 0 fully saturated rings. The summed E-state index contributed by atoms with van der Waals surface area (Å²) in [6, 6.07) is 9.17. The lowest BCUT2D eigenvalue weighted by Crippen LogP contribution is -2.42. The molecule has 0 aliphatic carbocycles. The van der Waals surface area contributed by atoms with Gasteiger partial charge in [-0.05, 0) is 18.9 Å². The summed E-state index contributed by atoms with van der Waals surface area (Å²) >= 11 is 1.09. The minimum atomic E-state index is -0.723. The first kappa shape index (κ1) is 23.3. The maximum absolute atomic E-state index is 12.8. The zero-order chi connectivity index (χ0) is 22.1. The molecule has 10 heteroatoms. The molecule has 1 aromatic carbocycles. The normalized spacial score (nSPS) is 10.6. The van der Waals surface area contributed by atoms with Gasteiger partial charge in [0.2, 0.25) is 5.91 Å². The average Bonchev–Trinajstić information content (AvgIpc) is 2.71. The van der Waals surface area contributed by atoms with Gasteiger partial charge in [-0.15, -0.1) is 11.8 Å². The number of hydrogen-bond donors (Lipinski definition) is 2. The molecule has 0 saturated carbocycles. The number of anilines is 2. The Hall–Kier alpha value is -3.01. The van der Waals surface area contributed by atoms with Gasteiger partial charge < -0.3 is 15.4 Å². The predicted octanol–water partition coefficient (Wildman–Crippen LogP) is 1.21. The van der Waals surface area contributed by atoms with Crippen molar-refractivity contribution < 1.29 is 14.3 Å². The van der Waals surface area contributed by atoms with E-state index < -0.39 is 17.2 Å². The van der Waals surface area contributed by atoms with Gasteiger partial charge in [0.15, 0.2) is 5.69 Å². The van der Waals surface area contributed by atoms with E-state index in [1.165, 1.54) is 9.47 Å². The molecule has 0 saturated heterocycles. The van der Waals surface area contributed by atoms with E-state index in [0.717, 1.165) is 17.3 Å². The smallest absolute Gasteiger partial charge is 0.330 e. The van der Waals surface area contributed by atoms with Crippen LogP contribution in [0.25, 0.3) is 0 Å². The number of nitrogen functional groups attached to an aromatic ring is 1. The maximum atomic E-state index is 12.8. The van der Waals surface area contributed by atoms with Crippen molar-refractivity contribution in [3.8, 4) is 0 Å². The number of thioether (sulfide) groups is 1. The van der Waals surface area contributed by atoms with Crippen LogP contribution >= 0.6 is 11.8 Å². The number of carbonyl (C=O) groups is 2. The second kappa shape index (κ2) is 11.2. The Morgan fingerprint density at radius 2 is 1.87 bits per heavy atom. The van der Waals surface area contributed by atoms with Crippen LogP contribution in [0.3, 0.4) is 0 Å². The maximum Gasteiger partial charge on any atom is 0.330 e. The molecule has 0 atom stereocenters. The van der Waals surface area contributed by atoms with Crippen molar-refractivity contribution >= 4 is 35.1 Å². The zero-order valence-corrected chi connectivity index (χ0v) is 17.9. The number of carbonyl (C=O) groups excluding carboxylic acids is 2. The first-order valence-corrected chi connectivity index (χ1v) is 10.7. The summed E-state index contributed by atoms with van der Waals surface area (Å²) in [7, 11) is 0. The molecule has 0 unspecified atom stereocenters. The summed E-state index contributed by atoms with van der Waals surface area (Å²) in [4.78, 5) is 52.7. The highest BCUT2D eigenvalue weighted by atomic mass is 32.2. The quantitative estimate of drug-likeness (QED) is 0.538. The molecule has 2 rings (SSSR count). The monoisotopic (exact) mass is 434 g/mol. The minimum absolute atomic E-state index is 0.0267. The number of nitrogens with two attached hydrogens (primary N) is 1. The molecular weight excluding hydrogens is 408 g/mol. The van der Waals surface area contributed by atoms with Crippen LogP contribution in [0.5, 0.6) is 0 Å². The van der Waals surface area contributed by atoms with E-state index in [1.54, 1.807) is 6.92 Å². The topological polar surface area (TPSA) is 127 Å². The van der Waals surface area contributed by atoms with Crippen LogP contribution in [-0.2, 0) is 20.9 Å². The van der Waals surface area contributed by atoms with Crippen molar-refractivity contribution in [1.29, 1.82) is 0 Å². The summed E-state index contributed by atoms with van der Waals surface area (Å²) < 4.78 is 6.07. The summed E-state index contributed by atoms with van der Waals surface area (Å²) in [5.74, 6) is -0.877. The second-order valence-electron chi connectivity index (χ2n) is 6.41. The van der Waals surface area contributed by atoms with E-state index >= 15 is 0 Å². The fourth-order valence-corrected chi connectivity index (χ4v) is 3.53. The minimum Gasteiger partial charge on any atom is -0.465 e. The number of esters is 1. The molecule has 0 bridgehead atoms. The van der Waals surface area contributed by atoms with Gasteiger partial charge >= 0.3 is 11.7 Å². The van der Waals surface area contributed by atoms with Crippen molar-refractivity contribution in [2.45, 2.75) is 26.8 Å². The molecule has 2 aromatic rings. The SMILES string of the molecule is CCCN(C(=O)CSCC(=O)OCC)c1c(N)n(Cc2ccccc2)c(=O)[nH]c1=O. The van der Waals surface area contributed by atoms with Gasteiger partial charge in [-0.2, -0.15) is 0 Å². The van der Waals surface area contributed by atoms with Gasteiger partial charge in [0.25, 0.3) is 5.56 Å². The van der Waals surface area contributed by atoms with Crippen LogP contribution in [0.2, 0.25) is 0 Å². The van der Waals surface area contributed by atoms with Gasteiger partial charge in [-0.3, -0.25) is 23.9 Å². The molecule has 0 radical (unpaired) electrons. The first-order chi connectivity index (χ1) is 14.4. The lowest BCUT2D eigenvalue weighted by molar-refractivity contribution is -0.139. The zero-order valence-electron chi connectivity index (χ0n) is 17.1. The van der Waals surface area contributed by atoms with Crippen LogP contribution in [0, 0.1) is 0 Å². The van der Waals surface area contributed by atoms with Gasteiger partial charge in [0, 0.05) is 6.54 Å². The van der Waals surface area contributed by atoms with Crippen molar-refractivity contribution in [1.82, 2.24) is 9.55 Å². The Morgan fingerprint density at radius 1 is 1.17 bits per heavy atom. The van der Waals surface area contributed by atoms with Crippen LogP contribution in [0.15, 0.2) is 39.9 Å². The van der Waals surface area contributed by atoms with E-state index in [4.69, 9.17) is 10.5 Å².